The van der Waals surface area contributed by atoms with Gasteiger partial charge in [-0.1, -0.05) is 31.1 Å². The van der Waals surface area contributed by atoms with E-state index in [2.05, 4.69) is 59.2 Å². The molecule has 1 unspecified atom stereocenters. The molecule has 6 nitrogen and oxygen atoms in total. The highest BCUT2D eigenvalue weighted by Gasteiger charge is 2.45. The molecular formula is C24H34N4O2. The molecule has 1 N–H and O–H groups in total. The van der Waals surface area contributed by atoms with Crippen LogP contribution in [0.15, 0.2) is 28.8 Å². The summed E-state index contributed by atoms with van der Waals surface area (Å²) in [5.41, 5.74) is 4.66. The second-order valence-corrected chi connectivity index (χ2v) is 9.16. The number of amides is 1. The Hall–Kier alpha value is -2.34. The monoisotopic (exact) mass is 410 g/mol. The molecule has 1 aromatic heterocycles. The van der Waals surface area contributed by atoms with Gasteiger partial charge in [-0.2, -0.15) is 0 Å². The predicted molar refractivity (Wildman–Crippen MR) is 119 cm³/mol. The summed E-state index contributed by atoms with van der Waals surface area (Å²) in [7, 11) is 1.73. The summed E-state index contributed by atoms with van der Waals surface area (Å²) in [5, 5.41) is 7.08. The first kappa shape index (κ1) is 20.9. The van der Waals surface area contributed by atoms with E-state index in [1.165, 1.54) is 16.8 Å². The molecule has 0 aliphatic carbocycles. The zero-order chi connectivity index (χ0) is 21.3. The van der Waals surface area contributed by atoms with Crippen LogP contribution in [0.5, 0.6) is 0 Å². The topological polar surface area (TPSA) is 61.6 Å². The molecule has 30 heavy (non-hydrogen) atoms. The molecule has 2 aliphatic rings. The minimum absolute atomic E-state index is 0.0973. The van der Waals surface area contributed by atoms with Gasteiger partial charge in [-0.25, -0.2) is 0 Å². The lowest BCUT2D eigenvalue weighted by Gasteiger charge is -2.26. The largest absolute Gasteiger partial charge is 0.371 e. The number of hydrogen-bond donors (Lipinski definition) is 1. The van der Waals surface area contributed by atoms with E-state index in [4.69, 9.17) is 4.52 Å². The highest BCUT2D eigenvalue weighted by Crippen LogP contribution is 2.36. The Morgan fingerprint density at radius 2 is 2.13 bits per heavy atom. The van der Waals surface area contributed by atoms with E-state index < -0.39 is 5.41 Å². The van der Waals surface area contributed by atoms with Crippen LogP contribution >= 0.6 is 0 Å². The maximum absolute atomic E-state index is 12.9. The lowest BCUT2D eigenvalue weighted by atomic mass is 9.81. The van der Waals surface area contributed by atoms with Crippen molar-refractivity contribution in [1.82, 2.24) is 15.4 Å². The molecule has 1 fully saturated rings. The molecule has 6 heteroatoms. The van der Waals surface area contributed by atoms with Crippen molar-refractivity contribution in [2.45, 2.75) is 52.5 Å². The molecule has 2 aromatic rings. The number of likely N-dealkylation sites (N-methyl/N-ethyl adjacent to an activating group) is 1. The molecule has 0 bridgehead atoms. The maximum atomic E-state index is 12.9. The van der Waals surface area contributed by atoms with Crippen molar-refractivity contribution in [2.75, 3.05) is 38.1 Å². The number of benzene rings is 1. The van der Waals surface area contributed by atoms with Gasteiger partial charge in [0.2, 0.25) is 5.91 Å². The molecule has 0 spiro atoms. The Morgan fingerprint density at radius 1 is 1.30 bits per heavy atom. The molecule has 1 saturated heterocycles. The zero-order valence-corrected chi connectivity index (χ0v) is 18.7. The van der Waals surface area contributed by atoms with Gasteiger partial charge in [0.15, 0.2) is 0 Å². The van der Waals surface area contributed by atoms with Crippen LogP contribution in [0, 0.1) is 5.41 Å². The third-order valence-corrected chi connectivity index (χ3v) is 6.75. The number of hydrogen-bond acceptors (Lipinski definition) is 5. The smallest absolute Gasteiger partial charge is 0.227 e. The first-order valence-electron chi connectivity index (χ1n) is 11.2. The van der Waals surface area contributed by atoms with Crippen molar-refractivity contribution < 1.29 is 9.32 Å². The Morgan fingerprint density at radius 3 is 2.83 bits per heavy atom. The molecule has 1 amide bonds. The normalized spacial score (nSPS) is 21.4. The van der Waals surface area contributed by atoms with Gasteiger partial charge in [0.1, 0.15) is 5.76 Å². The summed E-state index contributed by atoms with van der Waals surface area (Å²) in [6.45, 7) is 11.1. The number of aromatic nitrogens is 1. The summed E-state index contributed by atoms with van der Waals surface area (Å²) in [5.74, 6) is 1.23. The number of nitrogens with zero attached hydrogens (tertiary/aromatic N) is 3. The Balaban J connectivity index is 1.47. The third-order valence-electron chi connectivity index (χ3n) is 6.75. The van der Waals surface area contributed by atoms with Crippen LogP contribution in [0.3, 0.4) is 0 Å². The molecule has 162 valence electrons. The van der Waals surface area contributed by atoms with Crippen molar-refractivity contribution in [2.24, 2.45) is 5.41 Å². The Kier molecular flexibility index (Phi) is 5.87. The summed E-state index contributed by atoms with van der Waals surface area (Å²) in [6.07, 6.45) is 2.56. The Bertz CT molecular complexity index is 906. The van der Waals surface area contributed by atoms with Gasteiger partial charge in [0.25, 0.3) is 0 Å². The van der Waals surface area contributed by atoms with Gasteiger partial charge < -0.3 is 14.7 Å². The van der Waals surface area contributed by atoms with Crippen LogP contribution < -0.4 is 10.2 Å². The van der Waals surface area contributed by atoms with Crippen molar-refractivity contribution in [3.05, 3.63) is 46.8 Å². The van der Waals surface area contributed by atoms with E-state index >= 15 is 0 Å². The SMILES string of the molecule is CCN1CCc2cc(CN3CCC(Cc4cc(C(C)C)no4)(C(=O)NC)C3)ccc21. The second kappa shape index (κ2) is 8.42. The van der Waals surface area contributed by atoms with Crippen LogP contribution in [-0.4, -0.2) is 49.2 Å². The quantitative estimate of drug-likeness (QED) is 0.758. The fourth-order valence-corrected chi connectivity index (χ4v) is 4.99. The van der Waals surface area contributed by atoms with Gasteiger partial charge >= 0.3 is 0 Å². The molecular weight excluding hydrogens is 376 g/mol. The van der Waals surface area contributed by atoms with Gasteiger partial charge in [0.05, 0.1) is 11.1 Å². The summed E-state index contributed by atoms with van der Waals surface area (Å²) >= 11 is 0. The average molecular weight is 411 g/mol. The number of nitrogens with one attached hydrogen (secondary N) is 1. The number of rotatable bonds is 7. The van der Waals surface area contributed by atoms with Crippen molar-refractivity contribution in [3.8, 4) is 0 Å². The van der Waals surface area contributed by atoms with Crippen molar-refractivity contribution in [1.29, 1.82) is 0 Å². The van der Waals surface area contributed by atoms with Crippen LogP contribution in [0.25, 0.3) is 0 Å². The molecule has 2 aliphatic heterocycles. The maximum Gasteiger partial charge on any atom is 0.227 e. The summed E-state index contributed by atoms with van der Waals surface area (Å²) in [6, 6.07) is 8.89. The van der Waals surface area contributed by atoms with Crippen LogP contribution in [-0.2, 0) is 24.2 Å². The lowest BCUT2D eigenvalue weighted by Crippen LogP contribution is -2.43. The summed E-state index contributed by atoms with van der Waals surface area (Å²) < 4.78 is 5.58. The number of likely N-dealkylation sites (tertiary alicyclic amines) is 1. The van der Waals surface area contributed by atoms with Crippen LogP contribution in [0.1, 0.15) is 55.7 Å². The fraction of sp³-hybridized carbons (Fsp3) is 0.583. The predicted octanol–water partition coefficient (Wildman–Crippen LogP) is 3.36. The molecule has 1 atom stereocenters. The number of fused-ring (bicyclic) bond motifs is 1. The van der Waals surface area contributed by atoms with Crippen LogP contribution in [0.4, 0.5) is 5.69 Å². The molecule has 0 radical (unpaired) electrons. The van der Waals surface area contributed by atoms with E-state index in [9.17, 15) is 4.79 Å². The van der Waals surface area contributed by atoms with E-state index in [1.807, 2.05) is 6.07 Å². The van der Waals surface area contributed by atoms with E-state index in [0.717, 1.165) is 57.0 Å². The average Bonchev–Trinajstić information content (AvgIpc) is 3.46. The fourth-order valence-electron chi connectivity index (χ4n) is 4.99. The zero-order valence-electron chi connectivity index (χ0n) is 18.7. The summed E-state index contributed by atoms with van der Waals surface area (Å²) in [4.78, 5) is 17.7. The van der Waals surface area contributed by atoms with Gasteiger partial charge in [-0.05, 0) is 49.4 Å². The van der Waals surface area contributed by atoms with Crippen molar-refractivity contribution in [3.63, 3.8) is 0 Å². The number of carbonyl (C=O) groups excluding carboxylic acids is 1. The second-order valence-electron chi connectivity index (χ2n) is 9.16. The van der Waals surface area contributed by atoms with Crippen molar-refractivity contribution >= 4 is 11.6 Å². The number of anilines is 1. The van der Waals surface area contributed by atoms with Gasteiger partial charge in [-0.3, -0.25) is 9.69 Å². The van der Waals surface area contributed by atoms with Gasteiger partial charge in [0, 0.05) is 51.4 Å². The number of carbonyl (C=O) groups is 1. The third kappa shape index (κ3) is 3.97. The van der Waals surface area contributed by atoms with Crippen LogP contribution in [0.2, 0.25) is 0 Å². The minimum Gasteiger partial charge on any atom is -0.371 e. The van der Waals surface area contributed by atoms with E-state index in [0.29, 0.717) is 12.3 Å². The molecule has 1 aromatic carbocycles. The molecule has 3 heterocycles. The standard InChI is InChI=1S/C24H34N4O2/c1-5-28-10-8-19-12-18(6-7-22(19)28)15-27-11-9-24(16-27,23(29)25-4)14-20-13-21(17(2)3)26-30-20/h6-7,12-13,17H,5,8-11,14-16H2,1-4H3,(H,25,29). The molecule has 0 saturated carbocycles. The highest BCUT2D eigenvalue weighted by molar-refractivity contribution is 5.83. The highest BCUT2D eigenvalue weighted by atomic mass is 16.5. The Labute approximate surface area is 179 Å². The first-order valence-corrected chi connectivity index (χ1v) is 11.2. The lowest BCUT2D eigenvalue weighted by molar-refractivity contribution is -0.130. The van der Waals surface area contributed by atoms with E-state index in [1.54, 1.807) is 7.05 Å². The molecule has 4 rings (SSSR count). The van der Waals surface area contributed by atoms with Gasteiger partial charge in [-0.15, -0.1) is 0 Å². The van der Waals surface area contributed by atoms with E-state index in [-0.39, 0.29) is 5.91 Å². The minimum atomic E-state index is -0.460. The first-order chi connectivity index (χ1) is 14.4.